The van der Waals surface area contributed by atoms with Gasteiger partial charge in [-0.2, -0.15) is 0 Å². The second kappa shape index (κ2) is 19.2. The molecular weight excluding hydrogens is 355 g/mol. The van der Waals surface area contributed by atoms with Gasteiger partial charge < -0.3 is 15.0 Å². The highest BCUT2D eigenvalue weighted by molar-refractivity contribution is 7.75. The molecule has 164 valence electrons. The molecule has 0 aliphatic heterocycles. The van der Waals surface area contributed by atoms with Crippen LogP contribution in [0.2, 0.25) is 0 Å². The zero-order valence-electron chi connectivity index (χ0n) is 19.3. The molecule has 2 atom stereocenters. The lowest BCUT2D eigenvalue weighted by Crippen LogP contribution is -2.30. The molecule has 27 heavy (non-hydrogen) atoms. The van der Waals surface area contributed by atoms with Crippen molar-refractivity contribution in [1.82, 2.24) is 0 Å². The highest BCUT2D eigenvalue weighted by Crippen LogP contribution is 2.61. The lowest BCUT2D eigenvalue weighted by molar-refractivity contribution is -0.311. The number of carboxylic acid groups (broad SMARTS) is 1. The van der Waals surface area contributed by atoms with Gasteiger partial charge in [-0.15, -0.1) is 0 Å². The molecule has 0 aromatic carbocycles. The Labute approximate surface area is 171 Å². The summed E-state index contributed by atoms with van der Waals surface area (Å²) in [6, 6.07) is 0. The highest BCUT2D eigenvalue weighted by Gasteiger charge is 2.36. The van der Waals surface area contributed by atoms with E-state index in [2.05, 4.69) is 27.7 Å². The standard InChI is InChI=1S/C15H34OP.C8H16O2/c1-5-8-11-17(12-9-6-2,13-10-7-3)14-15(4)16;1-3-5-6-7(4-2)8(9)10/h15-16H,5-14H2,1-4H3;7H,3-6H2,1-2H3,(H,9,10)/q+1;/p-1. The first-order valence-electron chi connectivity index (χ1n) is 11.6. The number of carbonyl (C=O) groups is 1. The second-order valence-electron chi connectivity index (χ2n) is 8.17. The number of unbranched alkanes of at least 4 members (excludes halogenated alkanes) is 4. The van der Waals surface area contributed by atoms with Gasteiger partial charge in [-0.3, -0.25) is 0 Å². The molecule has 0 spiro atoms. The fourth-order valence-electron chi connectivity index (χ4n) is 3.59. The third-order valence-corrected chi connectivity index (χ3v) is 10.4. The summed E-state index contributed by atoms with van der Waals surface area (Å²) in [4.78, 5) is 10.3. The van der Waals surface area contributed by atoms with Crippen LogP contribution in [0, 0.1) is 5.92 Å². The summed E-state index contributed by atoms with van der Waals surface area (Å²) < 4.78 is 0. The van der Waals surface area contributed by atoms with E-state index < -0.39 is 13.2 Å². The van der Waals surface area contributed by atoms with Crippen molar-refractivity contribution in [3.63, 3.8) is 0 Å². The Balaban J connectivity index is 0. The Bertz CT molecular complexity index is 310. The predicted molar refractivity (Wildman–Crippen MR) is 121 cm³/mol. The lowest BCUT2D eigenvalue weighted by atomic mass is 10.00. The zero-order valence-corrected chi connectivity index (χ0v) is 20.2. The van der Waals surface area contributed by atoms with Crippen LogP contribution in [0.5, 0.6) is 0 Å². The number of hydrogen-bond donors (Lipinski definition) is 1. The van der Waals surface area contributed by atoms with Crippen LogP contribution in [0.3, 0.4) is 0 Å². The Hall–Kier alpha value is -0.140. The van der Waals surface area contributed by atoms with E-state index in [9.17, 15) is 15.0 Å². The van der Waals surface area contributed by atoms with Crippen molar-refractivity contribution in [2.24, 2.45) is 5.92 Å². The summed E-state index contributed by atoms with van der Waals surface area (Å²) in [7, 11) is -0.852. The molecule has 4 heteroatoms. The van der Waals surface area contributed by atoms with Gasteiger partial charge in [0.1, 0.15) is 0 Å². The minimum Gasteiger partial charge on any atom is -0.550 e. The minimum atomic E-state index is -0.893. The molecule has 0 saturated heterocycles. The molecule has 3 nitrogen and oxygen atoms in total. The summed E-state index contributed by atoms with van der Waals surface area (Å²) in [5.74, 6) is -1.11. The second-order valence-corrected chi connectivity index (χ2v) is 12.6. The molecule has 0 fully saturated rings. The van der Waals surface area contributed by atoms with Crippen LogP contribution in [0.25, 0.3) is 0 Å². The average molecular weight is 405 g/mol. The van der Waals surface area contributed by atoms with Crippen LogP contribution in [-0.4, -0.2) is 41.8 Å². The van der Waals surface area contributed by atoms with Crippen molar-refractivity contribution in [1.29, 1.82) is 0 Å². The highest BCUT2D eigenvalue weighted by atomic mass is 31.2. The van der Waals surface area contributed by atoms with Crippen molar-refractivity contribution in [3.05, 3.63) is 0 Å². The van der Waals surface area contributed by atoms with Gasteiger partial charge in [0.2, 0.25) is 0 Å². The number of hydrogen-bond acceptors (Lipinski definition) is 3. The largest absolute Gasteiger partial charge is 0.550 e. The van der Waals surface area contributed by atoms with E-state index in [1.54, 1.807) is 0 Å². The summed E-state index contributed by atoms with van der Waals surface area (Å²) in [6.45, 7) is 12.8. The van der Waals surface area contributed by atoms with E-state index in [4.69, 9.17) is 0 Å². The van der Waals surface area contributed by atoms with Crippen LogP contribution in [0.15, 0.2) is 0 Å². The lowest BCUT2D eigenvalue weighted by Gasteiger charge is -2.29. The molecule has 1 N–H and O–H groups in total. The summed E-state index contributed by atoms with van der Waals surface area (Å²) in [6.07, 6.45) is 16.8. The molecule has 2 unspecified atom stereocenters. The number of aliphatic hydroxyl groups excluding tert-OH is 1. The third kappa shape index (κ3) is 16.5. The zero-order chi connectivity index (χ0) is 21.1. The molecule has 0 aliphatic carbocycles. The van der Waals surface area contributed by atoms with Crippen molar-refractivity contribution >= 4 is 13.2 Å². The van der Waals surface area contributed by atoms with Gasteiger partial charge in [0.15, 0.2) is 0 Å². The van der Waals surface area contributed by atoms with Gasteiger partial charge in [0.25, 0.3) is 0 Å². The van der Waals surface area contributed by atoms with E-state index in [0.29, 0.717) is 6.42 Å². The van der Waals surface area contributed by atoms with E-state index >= 15 is 0 Å². The van der Waals surface area contributed by atoms with E-state index in [-0.39, 0.29) is 12.0 Å². The average Bonchev–Trinajstić information content (AvgIpc) is 2.63. The van der Waals surface area contributed by atoms with E-state index in [1.165, 1.54) is 57.0 Å². The predicted octanol–water partition coefficient (Wildman–Crippen LogP) is 5.74. The Morgan fingerprint density at radius 2 is 1.26 bits per heavy atom. The summed E-state index contributed by atoms with van der Waals surface area (Å²) in [5, 5.41) is 20.1. The molecule has 0 aliphatic rings. The summed E-state index contributed by atoms with van der Waals surface area (Å²) in [5.41, 5.74) is 0. The van der Waals surface area contributed by atoms with Crippen molar-refractivity contribution in [3.8, 4) is 0 Å². The van der Waals surface area contributed by atoms with Gasteiger partial charge in [-0.05, 0) is 44.9 Å². The van der Waals surface area contributed by atoms with Crippen molar-refractivity contribution in [2.45, 2.75) is 112 Å². The van der Waals surface area contributed by atoms with Crippen LogP contribution in [0.4, 0.5) is 0 Å². The maximum absolute atomic E-state index is 10.3. The SMILES string of the molecule is CCCCC(CC)C(=O)[O-].CCCC[P+](CCCC)(CCCC)CC(C)O. The van der Waals surface area contributed by atoms with Crippen LogP contribution in [-0.2, 0) is 4.79 Å². The fraction of sp³-hybridized carbons (Fsp3) is 0.957. The van der Waals surface area contributed by atoms with Crippen LogP contribution in [0.1, 0.15) is 106 Å². The van der Waals surface area contributed by atoms with E-state index in [0.717, 1.165) is 25.4 Å². The van der Waals surface area contributed by atoms with Gasteiger partial charge in [0.05, 0.1) is 30.8 Å². The molecule has 0 rings (SSSR count). The first kappa shape index (κ1) is 29.1. The molecule has 0 bridgehead atoms. The number of aliphatic hydroxyl groups is 1. The maximum atomic E-state index is 10.3. The van der Waals surface area contributed by atoms with Crippen LogP contribution >= 0.6 is 7.26 Å². The monoisotopic (exact) mass is 404 g/mol. The molecule has 0 saturated carbocycles. The third-order valence-electron chi connectivity index (χ3n) is 5.34. The smallest absolute Gasteiger partial charge is 0.0850 e. The quantitative estimate of drug-likeness (QED) is 0.334. The normalized spacial score (nSPS) is 13.6. The van der Waals surface area contributed by atoms with Crippen molar-refractivity contribution in [2.75, 3.05) is 24.6 Å². The molecular formula is C23H49O3P. The molecule has 0 radical (unpaired) electrons. The Morgan fingerprint density at radius 1 is 0.852 bits per heavy atom. The number of carboxylic acids is 1. The molecule has 0 heterocycles. The van der Waals surface area contributed by atoms with Crippen LogP contribution < -0.4 is 5.11 Å². The van der Waals surface area contributed by atoms with E-state index in [1.807, 2.05) is 13.8 Å². The number of rotatable bonds is 16. The number of carbonyl (C=O) groups excluding carboxylic acids is 1. The minimum absolute atomic E-state index is 0.0890. The van der Waals surface area contributed by atoms with Crippen molar-refractivity contribution < 1.29 is 15.0 Å². The first-order valence-corrected chi connectivity index (χ1v) is 14.1. The molecule has 0 aromatic heterocycles. The Morgan fingerprint density at radius 3 is 1.52 bits per heavy atom. The summed E-state index contributed by atoms with van der Waals surface area (Å²) >= 11 is 0. The van der Waals surface area contributed by atoms with Gasteiger partial charge >= 0.3 is 0 Å². The first-order chi connectivity index (χ1) is 12.8. The molecule has 0 aromatic rings. The topological polar surface area (TPSA) is 60.4 Å². The maximum Gasteiger partial charge on any atom is 0.0850 e. The molecule has 0 amide bonds. The Kier molecular flexibility index (Phi) is 20.7. The van der Waals surface area contributed by atoms with Gasteiger partial charge in [0, 0.05) is 13.2 Å². The van der Waals surface area contributed by atoms with Gasteiger partial charge in [-0.25, -0.2) is 0 Å². The number of aliphatic carboxylic acids is 1. The van der Waals surface area contributed by atoms with Gasteiger partial charge in [-0.1, -0.05) is 66.7 Å². The fourth-order valence-corrected chi connectivity index (χ4v) is 8.89.